The molecular formula is C9H13F. The first kappa shape index (κ1) is 7.60. The highest BCUT2D eigenvalue weighted by molar-refractivity contribution is 5.12. The van der Waals surface area contributed by atoms with Crippen LogP contribution < -0.4 is 0 Å². The first-order chi connectivity index (χ1) is 4.72. The standard InChI is InChI=1S/C9H13F/c1-3-5-9(4-2)6-8(10)7-9/h2,8H,3,5-7H2,1H3. The molecule has 0 aromatic rings. The molecule has 0 aliphatic heterocycles. The van der Waals surface area contributed by atoms with Crippen LogP contribution in [0.15, 0.2) is 0 Å². The van der Waals surface area contributed by atoms with E-state index in [0.717, 1.165) is 12.8 Å². The summed E-state index contributed by atoms with van der Waals surface area (Å²) in [7, 11) is 0. The average Bonchev–Trinajstić information content (AvgIpc) is 1.84. The van der Waals surface area contributed by atoms with Crippen molar-refractivity contribution in [3.63, 3.8) is 0 Å². The predicted octanol–water partition coefficient (Wildman–Crippen LogP) is 2.54. The third kappa shape index (κ3) is 1.16. The summed E-state index contributed by atoms with van der Waals surface area (Å²) in [5.74, 6) is 2.71. The minimum atomic E-state index is -0.623. The van der Waals surface area contributed by atoms with Crippen LogP contribution in [0.4, 0.5) is 4.39 Å². The van der Waals surface area contributed by atoms with Crippen molar-refractivity contribution in [3.05, 3.63) is 0 Å². The number of hydrogen-bond donors (Lipinski definition) is 0. The fraction of sp³-hybridized carbons (Fsp3) is 0.778. The maximum Gasteiger partial charge on any atom is 0.103 e. The molecule has 0 amide bonds. The van der Waals surface area contributed by atoms with Gasteiger partial charge in [0.2, 0.25) is 0 Å². The second kappa shape index (κ2) is 2.62. The lowest BCUT2D eigenvalue weighted by atomic mass is 9.66. The summed E-state index contributed by atoms with van der Waals surface area (Å²) in [5, 5.41) is 0. The van der Waals surface area contributed by atoms with Gasteiger partial charge in [0.15, 0.2) is 0 Å². The van der Waals surface area contributed by atoms with E-state index in [-0.39, 0.29) is 5.41 Å². The molecule has 0 atom stereocenters. The summed E-state index contributed by atoms with van der Waals surface area (Å²) in [6, 6.07) is 0. The van der Waals surface area contributed by atoms with Crippen molar-refractivity contribution in [2.24, 2.45) is 5.41 Å². The van der Waals surface area contributed by atoms with Crippen molar-refractivity contribution < 1.29 is 4.39 Å². The number of alkyl halides is 1. The number of terminal acetylenes is 1. The largest absolute Gasteiger partial charge is 0.247 e. The van der Waals surface area contributed by atoms with Crippen LogP contribution in [0.1, 0.15) is 32.6 Å². The first-order valence-electron chi connectivity index (χ1n) is 3.84. The summed E-state index contributed by atoms with van der Waals surface area (Å²) in [5.41, 5.74) is -0.0613. The number of halogens is 1. The van der Waals surface area contributed by atoms with Gasteiger partial charge in [0.05, 0.1) is 0 Å². The molecule has 0 nitrogen and oxygen atoms in total. The van der Waals surface area contributed by atoms with E-state index in [1.807, 2.05) is 0 Å². The number of hydrogen-bond acceptors (Lipinski definition) is 0. The van der Waals surface area contributed by atoms with E-state index in [1.54, 1.807) is 0 Å². The molecule has 1 saturated carbocycles. The van der Waals surface area contributed by atoms with E-state index in [0.29, 0.717) is 12.8 Å². The maximum absolute atomic E-state index is 12.4. The molecule has 0 radical (unpaired) electrons. The zero-order valence-corrected chi connectivity index (χ0v) is 6.36. The highest BCUT2D eigenvalue weighted by atomic mass is 19.1. The maximum atomic E-state index is 12.4. The van der Waals surface area contributed by atoms with Crippen molar-refractivity contribution in [3.8, 4) is 12.3 Å². The normalized spacial score (nSPS) is 38.3. The van der Waals surface area contributed by atoms with Crippen molar-refractivity contribution in [1.29, 1.82) is 0 Å². The van der Waals surface area contributed by atoms with Gasteiger partial charge >= 0.3 is 0 Å². The fourth-order valence-electron chi connectivity index (χ4n) is 1.66. The lowest BCUT2D eigenvalue weighted by Gasteiger charge is -2.39. The Bertz CT molecular complexity index is 143. The molecule has 1 rings (SSSR count). The van der Waals surface area contributed by atoms with E-state index in [1.165, 1.54) is 0 Å². The molecule has 1 fully saturated rings. The Kier molecular flexibility index (Phi) is 1.99. The molecule has 0 bridgehead atoms. The Morgan fingerprint density at radius 3 is 2.60 bits per heavy atom. The quantitative estimate of drug-likeness (QED) is 0.517. The van der Waals surface area contributed by atoms with Gasteiger partial charge in [-0.25, -0.2) is 4.39 Å². The van der Waals surface area contributed by atoms with E-state index < -0.39 is 6.17 Å². The zero-order valence-electron chi connectivity index (χ0n) is 6.36. The van der Waals surface area contributed by atoms with Crippen LogP contribution >= 0.6 is 0 Å². The van der Waals surface area contributed by atoms with Gasteiger partial charge in [-0.2, -0.15) is 0 Å². The van der Waals surface area contributed by atoms with Crippen LogP contribution in [-0.4, -0.2) is 6.17 Å². The molecule has 0 spiro atoms. The molecule has 0 aromatic carbocycles. The van der Waals surface area contributed by atoms with Crippen molar-refractivity contribution in [2.75, 3.05) is 0 Å². The third-order valence-electron chi connectivity index (χ3n) is 2.26. The molecule has 1 aliphatic carbocycles. The molecule has 0 N–H and O–H groups in total. The van der Waals surface area contributed by atoms with Crippen LogP contribution in [0.25, 0.3) is 0 Å². The highest BCUT2D eigenvalue weighted by Crippen LogP contribution is 2.45. The highest BCUT2D eigenvalue weighted by Gasteiger charge is 2.42. The smallest absolute Gasteiger partial charge is 0.103 e. The summed E-state index contributed by atoms with van der Waals surface area (Å²) < 4.78 is 12.4. The monoisotopic (exact) mass is 140 g/mol. The molecule has 0 saturated heterocycles. The Labute approximate surface area is 61.8 Å². The van der Waals surface area contributed by atoms with E-state index in [9.17, 15) is 4.39 Å². The van der Waals surface area contributed by atoms with Crippen LogP contribution in [0.3, 0.4) is 0 Å². The zero-order chi connectivity index (χ0) is 7.61. The SMILES string of the molecule is C#CC1(CCC)CC(F)C1. The summed E-state index contributed by atoms with van der Waals surface area (Å²) in [6.45, 7) is 2.09. The van der Waals surface area contributed by atoms with Crippen LogP contribution in [0.5, 0.6) is 0 Å². The van der Waals surface area contributed by atoms with Gasteiger partial charge in [-0.3, -0.25) is 0 Å². The Balaban J connectivity index is 2.42. The molecule has 1 aliphatic rings. The van der Waals surface area contributed by atoms with Crippen LogP contribution in [0, 0.1) is 17.8 Å². The Morgan fingerprint density at radius 1 is 1.70 bits per heavy atom. The minimum absolute atomic E-state index is 0.0613. The van der Waals surface area contributed by atoms with E-state index in [4.69, 9.17) is 6.42 Å². The average molecular weight is 140 g/mol. The summed E-state index contributed by atoms with van der Waals surface area (Å²) in [6.07, 6.45) is 7.92. The molecule has 56 valence electrons. The van der Waals surface area contributed by atoms with Gasteiger partial charge in [-0.05, 0) is 19.3 Å². The Morgan fingerprint density at radius 2 is 2.30 bits per heavy atom. The van der Waals surface area contributed by atoms with Gasteiger partial charge in [0.1, 0.15) is 6.17 Å². The van der Waals surface area contributed by atoms with Gasteiger partial charge in [0, 0.05) is 5.41 Å². The second-order valence-electron chi connectivity index (χ2n) is 3.18. The molecule has 0 unspecified atom stereocenters. The Hall–Kier alpha value is -0.510. The molecule has 0 heterocycles. The van der Waals surface area contributed by atoms with Gasteiger partial charge in [0.25, 0.3) is 0 Å². The van der Waals surface area contributed by atoms with Gasteiger partial charge < -0.3 is 0 Å². The van der Waals surface area contributed by atoms with Crippen molar-refractivity contribution in [2.45, 2.75) is 38.8 Å². The minimum Gasteiger partial charge on any atom is -0.247 e. The van der Waals surface area contributed by atoms with E-state index >= 15 is 0 Å². The lowest BCUT2D eigenvalue weighted by Crippen LogP contribution is -2.37. The predicted molar refractivity (Wildman–Crippen MR) is 40.3 cm³/mol. The van der Waals surface area contributed by atoms with Gasteiger partial charge in [-0.15, -0.1) is 6.42 Å². The fourth-order valence-corrected chi connectivity index (χ4v) is 1.66. The number of rotatable bonds is 2. The third-order valence-corrected chi connectivity index (χ3v) is 2.26. The van der Waals surface area contributed by atoms with Crippen molar-refractivity contribution >= 4 is 0 Å². The summed E-state index contributed by atoms with van der Waals surface area (Å²) in [4.78, 5) is 0. The van der Waals surface area contributed by atoms with Crippen molar-refractivity contribution in [1.82, 2.24) is 0 Å². The van der Waals surface area contributed by atoms with E-state index in [2.05, 4.69) is 12.8 Å². The van der Waals surface area contributed by atoms with Gasteiger partial charge in [-0.1, -0.05) is 19.3 Å². The molecule has 10 heavy (non-hydrogen) atoms. The van der Waals surface area contributed by atoms with Crippen LogP contribution in [-0.2, 0) is 0 Å². The van der Waals surface area contributed by atoms with Crippen LogP contribution in [0.2, 0.25) is 0 Å². The molecular weight excluding hydrogens is 127 g/mol. The second-order valence-corrected chi connectivity index (χ2v) is 3.18. The molecule has 0 aromatic heterocycles. The first-order valence-corrected chi connectivity index (χ1v) is 3.84. The summed E-state index contributed by atoms with van der Waals surface area (Å²) >= 11 is 0. The lowest BCUT2D eigenvalue weighted by molar-refractivity contribution is 0.0682. The molecule has 1 heteroatoms. The topological polar surface area (TPSA) is 0 Å².